The molecule has 0 spiro atoms. The molecule has 2 aromatic heterocycles. The maximum Gasteiger partial charge on any atom is 0.306 e. The van der Waals surface area contributed by atoms with Crippen LogP contribution in [0.5, 0.6) is 0 Å². The lowest BCUT2D eigenvalue weighted by Gasteiger charge is -2.49. The van der Waals surface area contributed by atoms with Crippen molar-refractivity contribution >= 4 is 33.6 Å². The van der Waals surface area contributed by atoms with Crippen LogP contribution in [0.4, 0.5) is 22.0 Å². The second-order valence-corrected chi connectivity index (χ2v) is 13.0. The third-order valence-corrected chi connectivity index (χ3v) is 9.87. The van der Waals surface area contributed by atoms with Crippen LogP contribution >= 0.6 is 0 Å². The molecular weight excluding hydrogens is 537 g/mol. The lowest BCUT2D eigenvalue weighted by Crippen LogP contribution is -2.58. The highest BCUT2D eigenvalue weighted by molar-refractivity contribution is 7.89. The third-order valence-electron chi connectivity index (χ3n) is 7.90. The van der Waals surface area contributed by atoms with Crippen LogP contribution in [-0.2, 0) is 26.2 Å². The van der Waals surface area contributed by atoms with E-state index in [0.29, 0.717) is 18.7 Å². The van der Waals surface area contributed by atoms with Gasteiger partial charge in [-0.2, -0.15) is 14.4 Å². The summed E-state index contributed by atoms with van der Waals surface area (Å²) in [5, 5.41) is 9.85. The number of hydrogen-bond donors (Lipinski definition) is 2. The SMILES string of the molecule is CCCCCCC(=O)OCc1nc(N(C)[C@@H]2C[C@H]3CCC[C@@H](C2)N3S(=O)(=O)CC)nc(Nc2cc(C)[nH]n2)c1F. The molecule has 4 rings (SSSR count). The first-order chi connectivity index (χ1) is 19.1. The number of aromatic amines is 1. The number of fused-ring (bicyclic) bond motifs is 2. The molecular formula is C27H42FN7O4S. The van der Waals surface area contributed by atoms with Crippen molar-refractivity contribution in [1.29, 1.82) is 0 Å². The molecule has 2 fully saturated rings. The van der Waals surface area contributed by atoms with Gasteiger partial charge in [-0.25, -0.2) is 17.8 Å². The number of aryl methyl sites for hydroxylation is 1. The molecule has 222 valence electrons. The molecule has 2 N–H and O–H groups in total. The van der Waals surface area contributed by atoms with E-state index in [-0.39, 0.29) is 54.4 Å². The van der Waals surface area contributed by atoms with Crippen molar-refractivity contribution in [3.63, 3.8) is 0 Å². The second-order valence-electron chi connectivity index (χ2n) is 10.9. The number of nitrogens with one attached hydrogen (secondary N) is 2. The number of sulfonamides is 1. The fourth-order valence-electron chi connectivity index (χ4n) is 5.73. The Morgan fingerprint density at radius 3 is 2.55 bits per heavy atom. The summed E-state index contributed by atoms with van der Waals surface area (Å²) >= 11 is 0. The predicted octanol–water partition coefficient (Wildman–Crippen LogP) is 4.58. The molecule has 2 aliphatic rings. The van der Waals surface area contributed by atoms with Gasteiger partial charge in [-0.05, 0) is 46.0 Å². The quantitative estimate of drug-likeness (QED) is 0.258. The number of aromatic nitrogens is 4. The maximum absolute atomic E-state index is 15.6. The Bertz CT molecular complexity index is 1260. The lowest BCUT2D eigenvalue weighted by molar-refractivity contribution is -0.145. The van der Waals surface area contributed by atoms with Crippen molar-refractivity contribution in [3.8, 4) is 0 Å². The van der Waals surface area contributed by atoms with E-state index in [0.717, 1.165) is 50.6 Å². The van der Waals surface area contributed by atoms with Gasteiger partial charge in [0.2, 0.25) is 16.0 Å². The van der Waals surface area contributed by atoms with Gasteiger partial charge in [0, 0.05) is 43.4 Å². The lowest BCUT2D eigenvalue weighted by atomic mass is 9.83. The molecule has 0 saturated carbocycles. The Hall–Kier alpha value is -2.80. The number of piperidine rings is 2. The van der Waals surface area contributed by atoms with E-state index in [4.69, 9.17) is 4.74 Å². The van der Waals surface area contributed by atoms with Crippen LogP contribution in [-0.4, -0.2) is 69.8 Å². The molecule has 0 aromatic carbocycles. The Labute approximate surface area is 236 Å². The molecule has 0 amide bonds. The highest BCUT2D eigenvalue weighted by atomic mass is 32.2. The van der Waals surface area contributed by atoms with Crippen molar-refractivity contribution in [1.82, 2.24) is 24.5 Å². The molecule has 0 aliphatic carbocycles. The van der Waals surface area contributed by atoms with Crippen LogP contribution in [0.15, 0.2) is 6.07 Å². The van der Waals surface area contributed by atoms with Gasteiger partial charge < -0.3 is 15.0 Å². The summed E-state index contributed by atoms with van der Waals surface area (Å²) in [6.45, 7) is 5.31. The molecule has 0 unspecified atom stereocenters. The molecule has 40 heavy (non-hydrogen) atoms. The average Bonchev–Trinajstić information content (AvgIpc) is 3.34. The monoisotopic (exact) mass is 579 g/mol. The molecule has 0 radical (unpaired) electrons. The number of rotatable bonds is 13. The minimum Gasteiger partial charge on any atom is -0.459 e. The van der Waals surface area contributed by atoms with E-state index < -0.39 is 21.8 Å². The van der Waals surface area contributed by atoms with Crippen molar-refractivity contribution in [2.45, 2.75) is 110 Å². The number of halogens is 1. The normalized spacial score (nSPS) is 21.3. The molecule has 4 heterocycles. The minimum absolute atomic E-state index is 0.0280. The summed E-state index contributed by atoms with van der Waals surface area (Å²) in [4.78, 5) is 23.2. The fraction of sp³-hybridized carbons (Fsp3) is 0.704. The zero-order valence-corrected chi connectivity index (χ0v) is 24.8. The van der Waals surface area contributed by atoms with Crippen molar-refractivity contribution in [2.24, 2.45) is 0 Å². The van der Waals surface area contributed by atoms with Gasteiger partial charge in [-0.1, -0.05) is 32.6 Å². The summed E-state index contributed by atoms with van der Waals surface area (Å²) in [5.41, 5.74) is 0.770. The molecule has 3 atom stereocenters. The largest absolute Gasteiger partial charge is 0.459 e. The van der Waals surface area contributed by atoms with E-state index in [1.165, 1.54) is 0 Å². The zero-order chi connectivity index (χ0) is 28.9. The van der Waals surface area contributed by atoms with Gasteiger partial charge in [-0.3, -0.25) is 9.89 Å². The number of carbonyl (C=O) groups is 1. The third kappa shape index (κ3) is 7.09. The summed E-state index contributed by atoms with van der Waals surface area (Å²) < 4.78 is 48.3. The summed E-state index contributed by atoms with van der Waals surface area (Å²) in [6, 6.07) is 1.54. The Kier molecular flexibility index (Phi) is 9.99. The van der Waals surface area contributed by atoms with Gasteiger partial charge in [0.1, 0.15) is 12.3 Å². The molecule has 2 aliphatic heterocycles. The van der Waals surface area contributed by atoms with Gasteiger partial charge >= 0.3 is 5.97 Å². The topological polar surface area (TPSA) is 133 Å². The minimum atomic E-state index is -3.31. The average molecular weight is 580 g/mol. The van der Waals surface area contributed by atoms with Crippen LogP contribution in [0.1, 0.15) is 89.4 Å². The maximum atomic E-state index is 15.6. The number of nitrogens with zero attached hydrogens (tertiary/aromatic N) is 5. The van der Waals surface area contributed by atoms with Gasteiger partial charge in [0.25, 0.3) is 0 Å². The number of esters is 1. The molecule has 13 heteroatoms. The highest BCUT2D eigenvalue weighted by Crippen LogP contribution is 2.38. The number of anilines is 3. The Morgan fingerprint density at radius 1 is 1.20 bits per heavy atom. The molecule has 2 bridgehead atoms. The van der Waals surface area contributed by atoms with E-state index >= 15 is 4.39 Å². The summed E-state index contributed by atoms with van der Waals surface area (Å²) in [7, 11) is -1.46. The molecule has 11 nitrogen and oxygen atoms in total. The number of ether oxygens (including phenoxy) is 1. The van der Waals surface area contributed by atoms with Crippen molar-refractivity contribution in [2.75, 3.05) is 23.0 Å². The summed E-state index contributed by atoms with van der Waals surface area (Å²) in [5.74, 6) is -0.404. The van der Waals surface area contributed by atoms with Crippen LogP contribution in [0.3, 0.4) is 0 Å². The first-order valence-electron chi connectivity index (χ1n) is 14.4. The van der Waals surface area contributed by atoms with Gasteiger partial charge in [-0.15, -0.1) is 0 Å². The number of hydrogen-bond acceptors (Lipinski definition) is 9. The highest BCUT2D eigenvalue weighted by Gasteiger charge is 2.45. The van der Waals surface area contributed by atoms with E-state index in [1.54, 1.807) is 17.3 Å². The second kappa shape index (κ2) is 13.2. The van der Waals surface area contributed by atoms with Gasteiger partial charge in [0.05, 0.1) is 5.75 Å². The predicted molar refractivity (Wildman–Crippen MR) is 151 cm³/mol. The molecule has 2 aromatic rings. The smallest absolute Gasteiger partial charge is 0.306 e. The van der Waals surface area contributed by atoms with Crippen LogP contribution < -0.4 is 10.2 Å². The van der Waals surface area contributed by atoms with Gasteiger partial charge in [0.15, 0.2) is 17.5 Å². The zero-order valence-electron chi connectivity index (χ0n) is 23.9. The number of unbranched alkanes of at least 4 members (excludes halogenated alkanes) is 3. The fourth-order valence-corrected chi connectivity index (χ4v) is 7.32. The van der Waals surface area contributed by atoms with E-state index in [2.05, 4.69) is 32.4 Å². The van der Waals surface area contributed by atoms with Crippen molar-refractivity contribution < 1.29 is 22.3 Å². The van der Waals surface area contributed by atoms with Crippen LogP contribution in [0, 0.1) is 12.7 Å². The molecule has 2 saturated heterocycles. The van der Waals surface area contributed by atoms with E-state index in [1.807, 2.05) is 18.9 Å². The Morgan fingerprint density at radius 2 is 1.93 bits per heavy atom. The summed E-state index contributed by atoms with van der Waals surface area (Å²) in [6.07, 6.45) is 7.97. The van der Waals surface area contributed by atoms with E-state index in [9.17, 15) is 13.2 Å². The number of carbonyl (C=O) groups excluding carboxylic acids is 1. The van der Waals surface area contributed by atoms with Crippen LogP contribution in [0.25, 0.3) is 0 Å². The van der Waals surface area contributed by atoms with Crippen molar-refractivity contribution in [3.05, 3.63) is 23.3 Å². The van der Waals surface area contributed by atoms with Crippen LogP contribution in [0.2, 0.25) is 0 Å². The first-order valence-corrected chi connectivity index (χ1v) is 16.0. The first kappa shape index (κ1) is 30.2. The number of H-pyrrole nitrogens is 1. The Balaban J connectivity index is 1.56. The standard InChI is InChI=1S/C27H42FN7O4S/c1-5-7-8-9-13-24(36)39-17-22-25(28)26(30-23-14-18(3)32-33-23)31-27(29-22)34(4)21-15-19-11-10-12-20(16-21)35(19)40(37,38)6-2/h14,19-21H,5-13,15-17H2,1-4H3,(H2,29,30,31,32,33)/t19-,20+,21-.